The number of fused-ring (bicyclic) bond motifs is 1. The summed E-state index contributed by atoms with van der Waals surface area (Å²) in [6.45, 7) is 7.35. The van der Waals surface area contributed by atoms with Gasteiger partial charge in [0, 0.05) is 57.1 Å². The van der Waals surface area contributed by atoms with Crippen LogP contribution in [0.4, 0.5) is 17.6 Å². The Morgan fingerprint density at radius 2 is 1.65 bits per heavy atom. The number of aromatic nitrogens is 3. The second-order valence-electron chi connectivity index (χ2n) is 9.14. The van der Waals surface area contributed by atoms with Gasteiger partial charge in [-0.05, 0) is 54.8 Å². The second kappa shape index (κ2) is 8.90. The van der Waals surface area contributed by atoms with Gasteiger partial charge >= 0.3 is 0 Å². The van der Waals surface area contributed by atoms with Crippen LogP contribution in [0.3, 0.4) is 0 Å². The Balaban J connectivity index is 1.40. The number of anilines is 3. The zero-order chi connectivity index (χ0) is 23.8. The molecule has 0 unspecified atom stereocenters. The summed E-state index contributed by atoms with van der Waals surface area (Å²) in [5.74, 6) is 1.55. The number of amides is 1. The molecule has 3 aromatic rings. The summed E-state index contributed by atoms with van der Waals surface area (Å²) in [4.78, 5) is 31.7. The lowest BCUT2D eigenvalue weighted by Gasteiger charge is -2.34. The van der Waals surface area contributed by atoms with Crippen molar-refractivity contribution in [2.45, 2.75) is 19.9 Å². The zero-order valence-electron chi connectivity index (χ0n) is 19.7. The predicted molar refractivity (Wildman–Crippen MR) is 134 cm³/mol. The number of nitrogens with two attached hydrogens (primary N) is 2. The third kappa shape index (κ3) is 4.38. The monoisotopic (exact) mass is 458 g/mol. The molecule has 176 valence electrons. The number of rotatable bonds is 4. The first-order valence-corrected chi connectivity index (χ1v) is 11.6. The summed E-state index contributed by atoms with van der Waals surface area (Å²) in [6.07, 6.45) is 2.64. The Kier molecular flexibility index (Phi) is 5.79. The van der Waals surface area contributed by atoms with Gasteiger partial charge in [-0.3, -0.25) is 9.78 Å². The quantitative estimate of drug-likeness (QED) is 0.608. The van der Waals surface area contributed by atoms with E-state index in [1.807, 2.05) is 13.0 Å². The van der Waals surface area contributed by atoms with Crippen LogP contribution in [0.2, 0.25) is 0 Å². The normalized spacial score (nSPS) is 16.4. The number of carbonyl (C=O) groups is 1. The molecule has 0 spiro atoms. The van der Waals surface area contributed by atoms with E-state index in [1.165, 1.54) is 11.1 Å². The number of benzene rings is 1. The zero-order valence-corrected chi connectivity index (χ0v) is 19.7. The molecule has 0 saturated carbocycles. The fourth-order valence-corrected chi connectivity index (χ4v) is 4.72. The van der Waals surface area contributed by atoms with Gasteiger partial charge in [0.1, 0.15) is 17.3 Å². The molecule has 0 bridgehead atoms. The van der Waals surface area contributed by atoms with Gasteiger partial charge < -0.3 is 26.2 Å². The molecule has 9 heteroatoms. The Morgan fingerprint density at radius 3 is 2.35 bits per heavy atom. The number of primary amides is 1. The molecule has 1 amide bonds. The maximum atomic E-state index is 11.5. The van der Waals surface area contributed by atoms with Crippen LogP contribution in [0.1, 0.15) is 27.2 Å². The molecule has 0 aliphatic carbocycles. The van der Waals surface area contributed by atoms with Gasteiger partial charge in [0.25, 0.3) is 5.91 Å². The minimum absolute atomic E-state index is 0.307. The minimum atomic E-state index is -0.509. The molecule has 2 aliphatic rings. The molecular formula is C25H30N8O. The number of likely N-dealkylation sites (N-methyl/N-ethyl adjacent to an activating group) is 1. The number of nitrogen functional groups attached to an aromatic ring is 1. The van der Waals surface area contributed by atoms with Crippen molar-refractivity contribution in [3.8, 4) is 11.1 Å². The van der Waals surface area contributed by atoms with E-state index in [9.17, 15) is 4.79 Å². The van der Waals surface area contributed by atoms with E-state index in [0.29, 0.717) is 11.6 Å². The highest BCUT2D eigenvalue weighted by atomic mass is 16.1. The summed E-state index contributed by atoms with van der Waals surface area (Å²) in [5, 5.41) is 0. The molecule has 2 aliphatic heterocycles. The van der Waals surface area contributed by atoms with Crippen molar-refractivity contribution in [3.05, 3.63) is 58.9 Å². The highest BCUT2D eigenvalue weighted by Gasteiger charge is 2.22. The number of carbonyl (C=O) groups excluding carboxylic acids is 1. The van der Waals surface area contributed by atoms with Gasteiger partial charge in [-0.1, -0.05) is 12.1 Å². The topological polar surface area (TPSA) is 118 Å². The predicted octanol–water partition coefficient (Wildman–Crippen LogP) is 1.84. The van der Waals surface area contributed by atoms with Crippen molar-refractivity contribution < 1.29 is 4.79 Å². The highest BCUT2D eigenvalue weighted by Crippen LogP contribution is 2.30. The van der Waals surface area contributed by atoms with E-state index in [1.54, 1.807) is 6.20 Å². The molecule has 34 heavy (non-hydrogen) atoms. The first kappa shape index (κ1) is 22.1. The number of pyridine rings is 1. The van der Waals surface area contributed by atoms with Crippen molar-refractivity contribution in [2.24, 2.45) is 5.73 Å². The number of aryl methyl sites for hydroxylation is 1. The Labute approximate surface area is 199 Å². The lowest BCUT2D eigenvalue weighted by molar-refractivity contribution is 0.0995. The minimum Gasteiger partial charge on any atom is -0.368 e. The van der Waals surface area contributed by atoms with Crippen molar-refractivity contribution in [3.63, 3.8) is 0 Å². The highest BCUT2D eigenvalue weighted by molar-refractivity contribution is 5.92. The average molecular weight is 459 g/mol. The summed E-state index contributed by atoms with van der Waals surface area (Å²) in [5.41, 5.74) is 17.2. The van der Waals surface area contributed by atoms with Crippen LogP contribution in [0.15, 0.2) is 36.5 Å². The smallest absolute Gasteiger partial charge is 0.267 e. The Hall–Kier alpha value is -3.72. The molecule has 0 radical (unpaired) electrons. The maximum absolute atomic E-state index is 11.5. The van der Waals surface area contributed by atoms with E-state index in [2.05, 4.69) is 61.0 Å². The number of piperazine rings is 1. The van der Waals surface area contributed by atoms with Crippen LogP contribution in [0.5, 0.6) is 0 Å². The third-order valence-electron chi connectivity index (χ3n) is 6.73. The van der Waals surface area contributed by atoms with Gasteiger partial charge in [-0.25, -0.2) is 0 Å². The summed E-state index contributed by atoms with van der Waals surface area (Å²) in [6, 6.07) is 10.5. The van der Waals surface area contributed by atoms with Crippen molar-refractivity contribution in [1.82, 2.24) is 19.9 Å². The Bertz CT molecular complexity index is 1240. The number of hydrogen-bond acceptors (Lipinski definition) is 8. The fourth-order valence-electron chi connectivity index (χ4n) is 4.72. The number of nitrogens with zero attached hydrogens (tertiary/aromatic N) is 6. The standard InChI is InChI=1S/C25H30N8O/c1-16-11-19(14-28-23(16)24(26)34)18-4-3-17-5-6-33(15-20(17)12-18)22-13-21(29-25(27)30-22)32-9-7-31(2)8-10-32/h3-4,11-14H,5-10,15H2,1-2H3,(H2,26,34)(H2,27,29,30). The van der Waals surface area contributed by atoms with Gasteiger partial charge in [0.05, 0.1) is 0 Å². The van der Waals surface area contributed by atoms with Crippen molar-refractivity contribution in [1.29, 1.82) is 0 Å². The lowest BCUT2D eigenvalue weighted by Crippen LogP contribution is -2.45. The molecule has 5 rings (SSSR count). The van der Waals surface area contributed by atoms with Crippen LogP contribution in [-0.4, -0.2) is 65.5 Å². The maximum Gasteiger partial charge on any atom is 0.267 e. The van der Waals surface area contributed by atoms with Gasteiger partial charge in [-0.15, -0.1) is 0 Å². The largest absolute Gasteiger partial charge is 0.368 e. The van der Waals surface area contributed by atoms with Crippen LogP contribution in [0, 0.1) is 6.92 Å². The average Bonchev–Trinajstić information content (AvgIpc) is 2.83. The van der Waals surface area contributed by atoms with Gasteiger partial charge in [0.2, 0.25) is 5.95 Å². The van der Waals surface area contributed by atoms with E-state index >= 15 is 0 Å². The van der Waals surface area contributed by atoms with E-state index in [-0.39, 0.29) is 0 Å². The first-order valence-electron chi connectivity index (χ1n) is 11.6. The van der Waals surface area contributed by atoms with Crippen LogP contribution >= 0.6 is 0 Å². The van der Waals surface area contributed by atoms with Crippen LogP contribution in [-0.2, 0) is 13.0 Å². The molecule has 4 heterocycles. The molecule has 9 nitrogen and oxygen atoms in total. The summed E-state index contributed by atoms with van der Waals surface area (Å²) < 4.78 is 0. The third-order valence-corrected chi connectivity index (χ3v) is 6.73. The van der Waals surface area contributed by atoms with Crippen molar-refractivity contribution >= 4 is 23.5 Å². The van der Waals surface area contributed by atoms with E-state index < -0.39 is 5.91 Å². The first-order chi connectivity index (χ1) is 16.4. The summed E-state index contributed by atoms with van der Waals surface area (Å²) in [7, 11) is 2.14. The van der Waals surface area contributed by atoms with Crippen molar-refractivity contribution in [2.75, 3.05) is 55.3 Å². The van der Waals surface area contributed by atoms with Gasteiger partial charge in [0.15, 0.2) is 0 Å². The SMILES string of the molecule is Cc1cc(-c2ccc3c(c2)CN(c2cc(N4CCN(C)CC4)nc(N)n2)CC3)cnc1C(N)=O. The molecule has 1 fully saturated rings. The molecule has 4 N–H and O–H groups in total. The van der Waals surface area contributed by atoms with Crippen LogP contribution < -0.4 is 21.3 Å². The molecule has 1 aromatic carbocycles. The molecular weight excluding hydrogens is 428 g/mol. The second-order valence-corrected chi connectivity index (χ2v) is 9.14. The van der Waals surface area contributed by atoms with Gasteiger partial charge in [-0.2, -0.15) is 9.97 Å². The van der Waals surface area contributed by atoms with E-state index in [4.69, 9.17) is 11.5 Å². The summed E-state index contributed by atoms with van der Waals surface area (Å²) >= 11 is 0. The Morgan fingerprint density at radius 1 is 0.912 bits per heavy atom. The lowest BCUT2D eigenvalue weighted by atomic mass is 9.94. The molecule has 2 aromatic heterocycles. The van der Waals surface area contributed by atoms with E-state index in [0.717, 1.165) is 74.0 Å². The fraction of sp³-hybridized carbons (Fsp3) is 0.360. The molecule has 0 atom stereocenters. The number of hydrogen-bond donors (Lipinski definition) is 2. The van der Waals surface area contributed by atoms with Crippen LogP contribution in [0.25, 0.3) is 11.1 Å². The molecule has 1 saturated heterocycles.